The van der Waals surface area contributed by atoms with Crippen molar-refractivity contribution in [3.05, 3.63) is 35.4 Å². The number of benzene rings is 1. The normalized spacial score (nSPS) is 11.4. The van der Waals surface area contributed by atoms with E-state index in [0.717, 1.165) is 0 Å². The van der Waals surface area contributed by atoms with Gasteiger partial charge < -0.3 is 16.4 Å². The topological polar surface area (TPSA) is 84.2 Å². The molecule has 4 N–H and O–H groups in total. The van der Waals surface area contributed by atoms with E-state index in [1.807, 2.05) is 13.8 Å². The van der Waals surface area contributed by atoms with Gasteiger partial charge in [-0.3, -0.25) is 9.59 Å². The van der Waals surface area contributed by atoms with Gasteiger partial charge in [0.2, 0.25) is 0 Å². The molecule has 0 aliphatic heterocycles. The highest BCUT2D eigenvalue weighted by Crippen LogP contribution is 2.11. The van der Waals surface area contributed by atoms with Crippen molar-refractivity contribution in [2.24, 2.45) is 11.1 Å². The van der Waals surface area contributed by atoms with Gasteiger partial charge in [0.25, 0.3) is 11.8 Å². The van der Waals surface area contributed by atoms with Crippen LogP contribution in [0.25, 0.3) is 0 Å². The molecular weight excluding hydrogens is 314 g/mol. The maximum Gasteiger partial charge on any atom is 0.251 e. The Kier molecular flexibility index (Phi) is 7.74. The third-order valence-corrected chi connectivity index (χ3v) is 3.15. The molecule has 0 bridgehead atoms. The number of hydrogen-bond acceptors (Lipinski definition) is 3. The molecule has 6 heteroatoms. The second kappa shape index (κ2) is 8.31. The molecule has 0 radical (unpaired) electrons. The van der Waals surface area contributed by atoms with Crippen molar-refractivity contribution in [2.75, 3.05) is 13.1 Å². The number of nitrogens with two attached hydrogens (primary N) is 1. The van der Waals surface area contributed by atoms with Gasteiger partial charge >= 0.3 is 0 Å². The molecule has 0 aliphatic carbocycles. The summed E-state index contributed by atoms with van der Waals surface area (Å²) in [6, 6.07) is 6.60. The van der Waals surface area contributed by atoms with Crippen molar-refractivity contribution in [1.29, 1.82) is 0 Å². The first-order valence-electron chi connectivity index (χ1n) is 7.45. The van der Waals surface area contributed by atoms with E-state index < -0.39 is 5.54 Å². The number of carbonyl (C=O) groups is 2. The van der Waals surface area contributed by atoms with Gasteiger partial charge in [-0.15, -0.1) is 12.4 Å². The maximum absolute atomic E-state index is 12.1. The van der Waals surface area contributed by atoms with Crippen molar-refractivity contribution < 1.29 is 9.59 Å². The monoisotopic (exact) mass is 341 g/mol. The van der Waals surface area contributed by atoms with Gasteiger partial charge in [0.15, 0.2) is 0 Å². The van der Waals surface area contributed by atoms with Gasteiger partial charge in [-0.1, -0.05) is 20.8 Å². The van der Waals surface area contributed by atoms with E-state index in [1.54, 1.807) is 24.3 Å². The van der Waals surface area contributed by atoms with Crippen LogP contribution in [0.2, 0.25) is 0 Å². The van der Waals surface area contributed by atoms with E-state index in [-0.39, 0.29) is 29.6 Å². The summed E-state index contributed by atoms with van der Waals surface area (Å²) in [6.07, 6.45) is 0. The Bertz CT molecular complexity index is 534. The number of halogens is 1. The highest BCUT2D eigenvalue weighted by atomic mass is 35.5. The summed E-state index contributed by atoms with van der Waals surface area (Å²) in [4.78, 5) is 24.1. The predicted octanol–water partition coefficient (Wildman–Crippen LogP) is 2.35. The third-order valence-electron chi connectivity index (χ3n) is 3.15. The molecule has 1 aromatic carbocycles. The summed E-state index contributed by atoms with van der Waals surface area (Å²) in [5.74, 6) is -0.332. The van der Waals surface area contributed by atoms with E-state index in [4.69, 9.17) is 5.73 Å². The summed E-state index contributed by atoms with van der Waals surface area (Å²) < 4.78 is 0. The highest BCUT2D eigenvalue weighted by molar-refractivity contribution is 5.98. The fourth-order valence-electron chi connectivity index (χ4n) is 1.65. The summed E-state index contributed by atoms with van der Waals surface area (Å²) in [6.45, 7) is 10.8. The lowest BCUT2D eigenvalue weighted by Gasteiger charge is -2.24. The van der Waals surface area contributed by atoms with Crippen LogP contribution in [0, 0.1) is 5.41 Å². The quantitative estimate of drug-likeness (QED) is 0.768. The summed E-state index contributed by atoms with van der Waals surface area (Å²) >= 11 is 0. The van der Waals surface area contributed by atoms with Crippen molar-refractivity contribution in [1.82, 2.24) is 10.6 Å². The molecule has 0 aromatic heterocycles. The van der Waals surface area contributed by atoms with Crippen LogP contribution in [0.3, 0.4) is 0 Å². The van der Waals surface area contributed by atoms with Crippen LogP contribution in [0.15, 0.2) is 24.3 Å². The Morgan fingerprint density at radius 2 is 1.39 bits per heavy atom. The molecule has 0 fully saturated rings. The molecule has 0 heterocycles. The Labute approximate surface area is 144 Å². The fraction of sp³-hybridized carbons (Fsp3) is 0.529. The van der Waals surface area contributed by atoms with E-state index in [9.17, 15) is 9.59 Å². The Morgan fingerprint density at radius 3 is 1.78 bits per heavy atom. The molecule has 0 spiro atoms. The third kappa shape index (κ3) is 7.48. The van der Waals surface area contributed by atoms with Gasteiger partial charge in [-0.25, -0.2) is 0 Å². The summed E-state index contributed by atoms with van der Waals surface area (Å²) in [5.41, 5.74) is 6.22. The maximum atomic E-state index is 12.1. The molecular formula is C17H28ClN3O2. The van der Waals surface area contributed by atoms with E-state index in [0.29, 0.717) is 24.2 Å². The molecule has 130 valence electrons. The van der Waals surface area contributed by atoms with Crippen LogP contribution in [0.1, 0.15) is 55.3 Å². The van der Waals surface area contributed by atoms with Crippen LogP contribution in [-0.4, -0.2) is 30.4 Å². The second-order valence-corrected chi connectivity index (χ2v) is 7.36. The van der Waals surface area contributed by atoms with Crippen LogP contribution >= 0.6 is 12.4 Å². The zero-order valence-corrected chi connectivity index (χ0v) is 15.3. The first kappa shape index (κ1) is 21.4. The molecule has 0 aliphatic rings. The zero-order valence-electron chi connectivity index (χ0n) is 14.5. The van der Waals surface area contributed by atoms with Gasteiger partial charge in [0.05, 0.1) is 0 Å². The minimum atomic E-state index is -0.458. The minimum Gasteiger partial charge on any atom is -0.352 e. The number of rotatable bonds is 5. The van der Waals surface area contributed by atoms with Crippen molar-refractivity contribution in [3.63, 3.8) is 0 Å². The summed E-state index contributed by atoms with van der Waals surface area (Å²) in [5, 5.41) is 5.73. The smallest absolute Gasteiger partial charge is 0.251 e. The van der Waals surface area contributed by atoms with Gasteiger partial charge in [-0.2, -0.15) is 0 Å². The molecule has 1 aromatic rings. The fourth-order valence-corrected chi connectivity index (χ4v) is 1.65. The van der Waals surface area contributed by atoms with Gasteiger partial charge in [0, 0.05) is 29.8 Å². The van der Waals surface area contributed by atoms with Gasteiger partial charge in [0.1, 0.15) is 0 Å². The van der Waals surface area contributed by atoms with Crippen LogP contribution in [0.5, 0.6) is 0 Å². The number of amides is 2. The van der Waals surface area contributed by atoms with Crippen LogP contribution in [-0.2, 0) is 0 Å². The Balaban J connectivity index is 0.00000484. The van der Waals surface area contributed by atoms with Crippen LogP contribution < -0.4 is 16.4 Å². The first-order valence-corrected chi connectivity index (χ1v) is 7.45. The van der Waals surface area contributed by atoms with Gasteiger partial charge in [-0.05, 0) is 43.5 Å². The standard InChI is InChI=1S/C17H27N3O2.ClH/c1-16(2,3)11-19-14(21)12-6-8-13(9-7-12)15(22)20-17(4,5)10-18;/h6-9H,10-11,18H2,1-5H3,(H,19,21)(H,20,22);1H. The first-order chi connectivity index (χ1) is 10.0. The summed E-state index contributed by atoms with van der Waals surface area (Å²) in [7, 11) is 0. The average molecular weight is 342 g/mol. The SMILES string of the molecule is CC(C)(C)CNC(=O)c1ccc(C(=O)NC(C)(C)CN)cc1.Cl. The lowest BCUT2D eigenvalue weighted by molar-refractivity contribution is 0.0910. The molecule has 0 atom stereocenters. The zero-order chi connectivity index (χ0) is 17.0. The predicted molar refractivity (Wildman–Crippen MR) is 96.1 cm³/mol. The molecule has 0 saturated carbocycles. The van der Waals surface area contributed by atoms with Crippen LogP contribution in [0.4, 0.5) is 0 Å². The second-order valence-electron chi connectivity index (χ2n) is 7.36. The Hall–Kier alpha value is -1.59. The molecule has 23 heavy (non-hydrogen) atoms. The molecule has 2 amide bonds. The van der Waals surface area contributed by atoms with Crippen molar-refractivity contribution >= 4 is 24.2 Å². The lowest BCUT2D eigenvalue weighted by atomic mass is 9.97. The highest BCUT2D eigenvalue weighted by Gasteiger charge is 2.19. The molecule has 1 rings (SSSR count). The number of hydrogen-bond donors (Lipinski definition) is 3. The number of carbonyl (C=O) groups excluding carboxylic acids is 2. The van der Waals surface area contributed by atoms with Crippen molar-refractivity contribution in [2.45, 2.75) is 40.2 Å². The molecule has 5 nitrogen and oxygen atoms in total. The Morgan fingerprint density at radius 1 is 0.957 bits per heavy atom. The molecule has 0 unspecified atom stereocenters. The van der Waals surface area contributed by atoms with E-state index >= 15 is 0 Å². The largest absolute Gasteiger partial charge is 0.352 e. The molecule has 0 saturated heterocycles. The average Bonchev–Trinajstić information content (AvgIpc) is 2.43. The number of nitrogens with one attached hydrogen (secondary N) is 2. The van der Waals surface area contributed by atoms with Crippen molar-refractivity contribution in [3.8, 4) is 0 Å². The minimum absolute atomic E-state index is 0. The van der Waals surface area contributed by atoms with E-state index in [2.05, 4.69) is 31.4 Å². The van der Waals surface area contributed by atoms with E-state index in [1.165, 1.54) is 0 Å². The lowest BCUT2D eigenvalue weighted by Crippen LogP contribution is -2.48.